The molecule has 0 aliphatic carbocycles. The van der Waals surface area contributed by atoms with Crippen LogP contribution in [0.15, 0.2) is 24.3 Å². The first kappa shape index (κ1) is 18.3. The van der Waals surface area contributed by atoms with Crippen molar-refractivity contribution in [1.29, 1.82) is 0 Å². The smallest absolute Gasteiger partial charge is 0.253 e. The maximum atomic E-state index is 12.6. The summed E-state index contributed by atoms with van der Waals surface area (Å²) in [6.07, 6.45) is 3.74. The monoisotopic (exact) mass is 332 g/mol. The van der Waals surface area contributed by atoms with E-state index >= 15 is 0 Å². The van der Waals surface area contributed by atoms with Crippen LogP contribution in [-0.4, -0.2) is 43.0 Å². The molecule has 1 heterocycles. The molecule has 1 aromatic carbocycles. The molecular formula is C19H28N2O3. The summed E-state index contributed by atoms with van der Waals surface area (Å²) < 4.78 is 5.12. The van der Waals surface area contributed by atoms with Crippen LogP contribution in [0.3, 0.4) is 0 Å². The van der Waals surface area contributed by atoms with E-state index in [1.165, 1.54) is 0 Å². The number of carbonyl (C=O) groups is 2. The molecule has 1 fully saturated rings. The number of hydrogen-bond acceptors (Lipinski definition) is 3. The topological polar surface area (TPSA) is 58.6 Å². The zero-order valence-electron chi connectivity index (χ0n) is 14.9. The fraction of sp³-hybridized carbons (Fsp3) is 0.579. The Morgan fingerprint density at radius 1 is 1.33 bits per heavy atom. The van der Waals surface area contributed by atoms with Crippen LogP contribution >= 0.6 is 0 Å². The number of nitrogens with zero attached hydrogens (tertiary/aromatic N) is 1. The number of amides is 2. The number of carbonyl (C=O) groups excluding carboxylic acids is 2. The van der Waals surface area contributed by atoms with Gasteiger partial charge in [0.2, 0.25) is 5.91 Å². The summed E-state index contributed by atoms with van der Waals surface area (Å²) in [5.74, 6) is 0.674. The minimum Gasteiger partial charge on any atom is -0.497 e. The Hall–Kier alpha value is -2.04. The summed E-state index contributed by atoms with van der Waals surface area (Å²) in [6.45, 7) is 5.34. The van der Waals surface area contributed by atoms with Gasteiger partial charge in [-0.05, 0) is 50.5 Å². The van der Waals surface area contributed by atoms with Crippen LogP contribution in [0.1, 0.15) is 49.9 Å². The van der Waals surface area contributed by atoms with Crippen LogP contribution in [0.5, 0.6) is 5.75 Å². The number of nitrogens with one attached hydrogen (secondary N) is 1. The van der Waals surface area contributed by atoms with Crippen LogP contribution in [0, 0.1) is 5.92 Å². The average molecular weight is 332 g/mol. The molecule has 1 N–H and O–H groups in total. The van der Waals surface area contributed by atoms with Gasteiger partial charge in [0.15, 0.2) is 0 Å². The van der Waals surface area contributed by atoms with Crippen molar-refractivity contribution in [2.45, 2.75) is 45.6 Å². The lowest BCUT2D eigenvalue weighted by Gasteiger charge is -2.32. The van der Waals surface area contributed by atoms with Crippen molar-refractivity contribution in [3.8, 4) is 5.75 Å². The van der Waals surface area contributed by atoms with Gasteiger partial charge in [-0.15, -0.1) is 0 Å². The summed E-state index contributed by atoms with van der Waals surface area (Å²) in [7, 11) is 1.60. The molecule has 0 spiro atoms. The molecular weight excluding hydrogens is 304 g/mol. The van der Waals surface area contributed by atoms with Gasteiger partial charge in [0, 0.05) is 24.7 Å². The normalized spacial score (nSPS) is 18.8. The fourth-order valence-corrected chi connectivity index (χ4v) is 3.16. The second-order valence-electron chi connectivity index (χ2n) is 6.52. The highest BCUT2D eigenvalue weighted by molar-refractivity contribution is 5.94. The molecule has 2 atom stereocenters. The van der Waals surface area contributed by atoms with Gasteiger partial charge in [0.25, 0.3) is 5.91 Å². The number of ether oxygens (including phenoxy) is 1. The summed E-state index contributed by atoms with van der Waals surface area (Å²) in [5.41, 5.74) is 0.635. The Morgan fingerprint density at radius 3 is 2.67 bits per heavy atom. The molecule has 24 heavy (non-hydrogen) atoms. The van der Waals surface area contributed by atoms with Crippen LogP contribution in [0.4, 0.5) is 0 Å². The van der Waals surface area contributed by atoms with Crippen molar-refractivity contribution in [2.75, 3.05) is 20.2 Å². The molecule has 1 saturated heterocycles. The van der Waals surface area contributed by atoms with Crippen LogP contribution in [-0.2, 0) is 4.79 Å². The lowest BCUT2D eigenvalue weighted by atomic mass is 9.96. The van der Waals surface area contributed by atoms with Crippen LogP contribution in [0.25, 0.3) is 0 Å². The van der Waals surface area contributed by atoms with Gasteiger partial charge in [-0.3, -0.25) is 9.59 Å². The number of benzene rings is 1. The van der Waals surface area contributed by atoms with E-state index in [9.17, 15) is 9.59 Å². The summed E-state index contributed by atoms with van der Waals surface area (Å²) in [5, 5.41) is 3.07. The maximum absolute atomic E-state index is 12.6. The zero-order chi connectivity index (χ0) is 17.5. The number of hydrogen-bond donors (Lipinski definition) is 1. The molecule has 1 aliphatic rings. The third-order valence-electron chi connectivity index (χ3n) is 4.53. The highest BCUT2D eigenvalue weighted by Crippen LogP contribution is 2.20. The molecule has 2 rings (SSSR count). The molecule has 132 valence electrons. The predicted molar refractivity (Wildman–Crippen MR) is 94.1 cm³/mol. The molecule has 1 aliphatic heterocycles. The van der Waals surface area contributed by atoms with Gasteiger partial charge in [0.05, 0.1) is 13.0 Å². The minimum atomic E-state index is -0.111. The van der Waals surface area contributed by atoms with E-state index in [-0.39, 0.29) is 23.8 Å². The second-order valence-corrected chi connectivity index (χ2v) is 6.52. The van der Waals surface area contributed by atoms with Crippen molar-refractivity contribution < 1.29 is 14.3 Å². The van der Waals surface area contributed by atoms with E-state index in [4.69, 9.17) is 4.74 Å². The number of methoxy groups -OCH3 is 1. The first-order chi connectivity index (χ1) is 11.5. The van der Waals surface area contributed by atoms with E-state index in [1.54, 1.807) is 36.3 Å². The van der Waals surface area contributed by atoms with Gasteiger partial charge in [-0.2, -0.15) is 0 Å². The Morgan fingerprint density at radius 2 is 2.04 bits per heavy atom. The van der Waals surface area contributed by atoms with Crippen LogP contribution < -0.4 is 10.1 Å². The van der Waals surface area contributed by atoms with E-state index in [2.05, 4.69) is 12.2 Å². The van der Waals surface area contributed by atoms with Gasteiger partial charge in [-0.25, -0.2) is 0 Å². The molecule has 5 nitrogen and oxygen atoms in total. The van der Waals surface area contributed by atoms with E-state index in [0.717, 1.165) is 31.4 Å². The predicted octanol–water partition coefficient (Wildman–Crippen LogP) is 2.85. The van der Waals surface area contributed by atoms with Gasteiger partial charge >= 0.3 is 0 Å². The molecule has 2 unspecified atom stereocenters. The second kappa shape index (κ2) is 8.71. The molecule has 0 bridgehead atoms. The van der Waals surface area contributed by atoms with Crippen molar-refractivity contribution in [2.24, 2.45) is 5.92 Å². The van der Waals surface area contributed by atoms with Gasteiger partial charge in [0.1, 0.15) is 5.75 Å². The Labute approximate surface area is 144 Å². The Balaban J connectivity index is 1.96. The third kappa shape index (κ3) is 4.73. The molecule has 2 amide bonds. The molecule has 1 aromatic rings. The number of likely N-dealkylation sites (tertiary alicyclic amines) is 1. The average Bonchev–Trinajstić information content (AvgIpc) is 2.61. The molecule has 0 radical (unpaired) electrons. The molecule has 0 aromatic heterocycles. The van der Waals surface area contributed by atoms with Crippen molar-refractivity contribution in [3.05, 3.63) is 29.8 Å². The third-order valence-corrected chi connectivity index (χ3v) is 4.53. The zero-order valence-corrected chi connectivity index (χ0v) is 14.9. The highest BCUT2D eigenvalue weighted by atomic mass is 16.5. The quantitative estimate of drug-likeness (QED) is 0.871. The van der Waals surface area contributed by atoms with E-state index in [0.29, 0.717) is 18.7 Å². The van der Waals surface area contributed by atoms with E-state index in [1.807, 2.05) is 6.92 Å². The van der Waals surface area contributed by atoms with E-state index < -0.39 is 0 Å². The Kier molecular flexibility index (Phi) is 6.64. The fourth-order valence-electron chi connectivity index (χ4n) is 3.16. The first-order valence-corrected chi connectivity index (χ1v) is 8.78. The van der Waals surface area contributed by atoms with Crippen LogP contribution in [0.2, 0.25) is 0 Å². The van der Waals surface area contributed by atoms with Crippen molar-refractivity contribution in [3.63, 3.8) is 0 Å². The lowest BCUT2D eigenvalue weighted by molar-refractivity contribution is -0.127. The lowest BCUT2D eigenvalue weighted by Crippen LogP contribution is -2.47. The van der Waals surface area contributed by atoms with Crippen molar-refractivity contribution in [1.82, 2.24) is 10.2 Å². The number of piperidine rings is 1. The largest absolute Gasteiger partial charge is 0.497 e. The number of rotatable bonds is 6. The van der Waals surface area contributed by atoms with Gasteiger partial charge < -0.3 is 15.0 Å². The highest BCUT2D eigenvalue weighted by Gasteiger charge is 2.29. The Bertz CT molecular complexity index is 556. The summed E-state index contributed by atoms with van der Waals surface area (Å²) in [4.78, 5) is 26.8. The molecule has 5 heteroatoms. The summed E-state index contributed by atoms with van der Waals surface area (Å²) in [6, 6.07) is 7.30. The van der Waals surface area contributed by atoms with Crippen molar-refractivity contribution >= 4 is 11.8 Å². The minimum absolute atomic E-state index is 0.0169. The molecule has 0 saturated carbocycles. The SMILES string of the molecule is CCCC(C)NC(=O)C1CCCN(C(=O)c2ccc(OC)cc2)C1. The van der Waals surface area contributed by atoms with Gasteiger partial charge in [-0.1, -0.05) is 13.3 Å². The first-order valence-electron chi connectivity index (χ1n) is 8.78. The standard InChI is InChI=1S/C19H28N2O3/c1-4-6-14(2)20-18(22)16-7-5-12-21(13-16)19(23)15-8-10-17(24-3)11-9-15/h8-11,14,16H,4-7,12-13H2,1-3H3,(H,20,22). The summed E-state index contributed by atoms with van der Waals surface area (Å²) >= 11 is 0. The maximum Gasteiger partial charge on any atom is 0.253 e.